The SMILES string of the molecule is Nc1cc(-c2ccccc2)ccc1C(=O)NCCO. The average Bonchev–Trinajstić information content (AvgIpc) is 2.45. The number of rotatable bonds is 4. The molecule has 0 heterocycles. The molecule has 2 aromatic carbocycles. The molecule has 4 heteroatoms. The Morgan fingerprint density at radius 1 is 1.11 bits per heavy atom. The van der Waals surface area contributed by atoms with Gasteiger partial charge in [0.05, 0.1) is 12.2 Å². The molecule has 0 unspecified atom stereocenters. The zero-order valence-electron chi connectivity index (χ0n) is 10.5. The molecule has 2 aromatic rings. The van der Waals surface area contributed by atoms with E-state index >= 15 is 0 Å². The number of aliphatic hydroxyl groups is 1. The highest BCUT2D eigenvalue weighted by Crippen LogP contribution is 2.23. The summed E-state index contributed by atoms with van der Waals surface area (Å²) in [6, 6.07) is 15.2. The van der Waals surface area contributed by atoms with E-state index in [1.807, 2.05) is 36.4 Å². The van der Waals surface area contributed by atoms with Crippen molar-refractivity contribution in [1.29, 1.82) is 0 Å². The molecule has 0 atom stereocenters. The van der Waals surface area contributed by atoms with Crippen LogP contribution in [0.4, 0.5) is 5.69 Å². The third kappa shape index (κ3) is 3.11. The van der Waals surface area contributed by atoms with E-state index in [2.05, 4.69) is 5.32 Å². The fourth-order valence-electron chi connectivity index (χ4n) is 1.84. The maximum atomic E-state index is 11.8. The summed E-state index contributed by atoms with van der Waals surface area (Å²) in [7, 11) is 0. The van der Waals surface area contributed by atoms with Gasteiger partial charge in [0, 0.05) is 12.2 Å². The number of hydrogen-bond donors (Lipinski definition) is 3. The first-order chi connectivity index (χ1) is 9.22. The summed E-state index contributed by atoms with van der Waals surface area (Å²) in [5.74, 6) is -0.272. The lowest BCUT2D eigenvalue weighted by Gasteiger charge is -2.08. The molecule has 0 aliphatic carbocycles. The first-order valence-corrected chi connectivity index (χ1v) is 6.06. The number of nitrogens with one attached hydrogen (secondary N) is 1. The van der Waals surface area contributed by atoms with Crippen molar-refractivity contribution in [3.05, 3.63) is 54.1 Å². The summed E-state index contributed by atoms with van der Waals surface area (Å²) in [6.07, 6.45) is 0. The lowest BCUT2D eigenvalue weighted by molar-refractivity contribution is 0.0945. The predicted molar refractivity (Wildman–Crippen MR) is 75.7 cm³/mol. The summed E-state index contributed by atoms with van der Waals surface area (Å²) in [4.78, 5) is 11.8. The van der Waals surface area contributed by atoms with Crippen LogP contribution in [0.25, 0.3) is 11.1 Å². The highest BCUT2D eigenvalue weighted by atomic mass is 16.3. The van der Waals surface area contributed by atoms with Crippen molar-refractivity contribution >= 4 is 11.6 Å². The molecule has 1 amide bonds. The number of nitrogen functional groups attached to an aromatic ring is 1. The maximum Gasteiger partial charge on any atom is 0.253 e. The molecule has 4 N–H and O–H groups in total. The van der Waals surface area contributed by atoms with E-state index in [-0.39, 0.29) is 19.1 Å². The van der Waals surface area contributed by atoms with Crippen LogP contribution < -0.4 is 11.1 Å². The van der Waals surface area contributed by atoms with Crippen LogP contribution in [0.5, 0.6) is 0 Å². The summed E-state index contributed by atoms with van der Waals surface area (Å²) in [6.45, 7) is 0.131. The third-order valence-electron chi connectivity index (χ3n) is 2.80. The molecule has 2 rings (SSSR count). The van der Waals surface area contributed by atoms with E-state index in [4.69, 9.17) is 10.8 Å². The molecule has 0 saturated heterocycles. The molecular formula is C15H16N2O2. The highest BCUT2D eigenvalue weighted by molar-refractivity contribution is 5.99. The van der Waals surface area contributed by atoms with Gasteiger partial charge in [0.1, 0.15) is 0 Å². The number of aliphatic hydroxyl groups excluding tert-OH is 1. The van der Waals surface area contributed by atoms with Gasteiger partial charge in [0.2, 0.25) is 0 Å². The second kappa shape index (κ2) is 6.02. The molecule has 19 heavy (non-hydrogen) atoms. The van der Waals surface area contributed by atoms with Gasteiger partial charge in [-0.05, 0) is 23.3 Å². The number of carbonyl (C=O) groups is 1. The van der Waals surface area contributed by atoms with Crippen LogP contribution in [0.15, 0.2) is 48.5 Å². The Morgan fingerprint density at radius 3 is 2.47 bits per heavy atom. The minimum atomic E-state index is -0.272. The number of benzene rings is 2. The number of anilines is 1. The van der Waals surface area contributed by atoms with E-state index in [1.54, 1.807) is 12.1 Å². The Bertz CT molecular complexity index is 568. The smallest absolute Gasteiger partial charge is 0.253 e. The number of nitrogens with two attached hydrogens (primary N) is 1. The van der Waals surface area contributed by atoms with Gasteiger partial charge in [0.25, 0.3) is 5.91 Å². The molecular weight excluding hydrogens is 240 g/mol. The summed E-state index contributed by atoms with van der Waals surface area (Å²) in [5.41, 5.74) is 8.78. The number of hydrogen-bond acceptors (Lipinski definition) is 3. The first kappa shape index (κ1) is 13.1. The first-order valence-electron chi connectivity index (χ1n) is 6.06. The van der Waals surface area contributed by atoms with Crippen LogP contribution in [0.1, 0.15) is 10.4 Å². The standard InChI is InChI=1S/C15H16N2O2/c16-14-10-12(11-4-2-1-3-5-11)6-7-13(14)15(19)17-8-9-18/h1-7,10,18H,8-9,16H2,(H,17,19). The largest absolute Gasteiger partial charge is 0.398 e. The second-order valence-electron chi connectivity index (χ2n) is 4.15. The van der Waals surface area contributed by atoms with Crippen molar-refractivity contribution in [3.63, 3.8) is 0 Å². The fourth-order valence-corrected chi connectivity index (χ4v) is 1.84. The summed E-state index contributed by atoms with van der Waals surface area (Å²) in [5, 5.41) is 11.3. The molecule has 0 fully saturated rings. The van der Waals surface area contributed by atoms with Crippen LogP contribution in [0.3, 0.4) is 0 Å². The Labute approximate surface area is 111 Å². The maximum absolute atomic E-state index is 11.8. The van der Waals surface area contributed by atoms with Crippen LogP contribution in [0.2, 0.25) is 0 Å². The molecule has 0 aromatic heterocycles. The molecule has 0 aliphatic heterocycles. The third-order valence-corrected chi connectivity index (χ3v) is 2.80. The second-order valence-corrected chi connectivity index (χ2v) is 4.15. The fraction of sp³-hybridized carbons (Fsp3) is 0.133. The van der Waals surface area contributed by atoms with Crippen molar-refractivity contribution in [2.75, 3.05) is 18.9 Å². The summed E-state index contributed by atoms with van der Waals surface area (Å²) < 4.78 is 0. The van der Waals surface area contributed by atoms with Gasteiger partial charge < -0.3 is 16.2 Å². The van der Waals surface area contributed by atoms with Gasteiger partial charge in [-0.2, -0.15) is 0 Å². The van der Waals surface area contributed by atoms with E-state index in [0.29, 0.717) is 11.3 Å². The average molecular weight is 256 g/mol. The topological polar surface area (TPSA) is 75.4 Å². The van der Waals surface area contributed by atoms with Gasteiger partial charge in [-0.15, -0.1) is 0 Å². The molecule has 0 spiro atoms. The van der Waals surface area contributed by atoms with Gasteiger partial charge in [-0.3, -0.25) is 4.79 Å². The summed E-state index contributed by atoms with van der Waals surface area (Å²) >= 11 is 0. The minimum absolute atomic E-state index is 0.0895. The molecule has 98 valence electrons. The van der Waals surface area contributed by atoms with Gasteiger partial charge in [0.15, 0.2) is 0 Å². The molecule has 0 bridgehead atoms. The lowest BCUT2D eigenvalue weighted by Crippen LogP contribution is -2.27. The predicted octanol–water partition coefficient (Wildman–Crippen LogP) is 1.66. The number of amides is 1. The van der Waals surface area contributed by atoms with Crippen molar-refractivity contribution in [2.45, 2.75) is 0 Å². The van der Waals surface area contributed by atoms with E-state index in [9.17, 15) is 4.79 Å². The Hall–Kier alpha value is -2.33. The van der Waals surface area contributed by atoms with Crippen molar-refractivity contribution in [2.24, 2.45) is 0 Å². The van der Waals surface area contributed by atoms with Gasteiger partial charge >= 0.3 is 0 Å². The van der Waals surface area contributed by atoms with Crippen LogP contribution in [-0.4, -0.2) is 24.2 Å². The number of carbonyl (C=O) groups excluding carboxylic acids is 1. The van der Waals surface area contributed by atoms with Crippen molar-refractivity contribution in [3.8, 4) is 11.1 Å². The Balaban J connectivity index is 2.25. The van der Waals surface area contributed by atoms with E-state index < -0.39 is 0 Å². The quantitative estimate of drug-likeness (QED) is 0.728. The Kier molecular flexibility index (Phi) is 4.15. The van der Waals surface area contributed by atoms with Gasteiger partial charge in [-0.1, -0.05) is 36.4 Å². The molecule has 0 radical (unpaired) electrons. The zero-order chi connectivity index (χ0) is 13.7. The monoisotopic (exact) mass is 256 g/mol. The van der Waals surface area contributed by atoms with Gasteiger partial charge in [-0.25, -0.2) is 0 Å². The highest BCUT2D eigenvalue weighted by Gasteiger charge is 2.09. The normalized spacial score (nSPS) is 10.2. The molecule has 4 nitrogen and oxygen atoms in total. The van der Waals surface area contributed by atoms with Crippen LogP contribution in [-0.2, 0) is 0 Å². The minimum Gasteiger partial charge on any atom is -0.398 e. The van der Waals surface area contributed by atoms with Crippen LogP contribution in [0, 0.1) is 0 Å². The molecule has 0 saturated carbocycles. The van der Waals surface area contributed by atoms with E-state index in [1.165, 1.54) is 0 Å². The van der Waals surface area contributed by atoms with Crippen LogP contribution >= 0.6 is 0 Å². The molecule has 0 aliphatic rings. The lowest BCUT2D eigenvalue weighted by atomic mass is 10.0. The van der Waals surface area contributed by atoms with Crippen molar-refractivity contribution < 1.29 is 9.90 Å². The van der Waals surface area contributed by atoms with E-state index in [0.717, 1.165) is 11.1 Å². The van der Waals surface area contributed by atoms with Crippen molar-refractivity contribution in [1.82, 2.24) is 5.32 Å². The Morgan fingerprint density at radius 2 is 1.84 bits per heavy atom. The zero-order valence-corrected chi connectivity index (χ0v) is 10.5.